The largest absolute Gasteiger partial charge is 0.465 e. The van der Waals surface area contributed by atoms with Crippen molar-refractivity contribution in [3.05, 3.63) is 12.2 Å². The molecular formula is C12H20O4. The zero-order valence-electron chi connectivity index (χ0n) is 10.5. The van der Waals surface area contributed by atoms with Gasteiger partial charge < -0.3 is 9.47 Å². The standard InChI is InChI=1S/C12H20O4/c1-6-12(9(4)5,10(13)15-7-2)11(14)16-8-3/h4,6-8H2,1-3,5H3. The van der Waals surface area contributed by atoms with Crippen LogP contribution in [-0.4, -0.2) is 25.2 Å². The van der Waals surface area contributed by atoms with Gasteiger partial charge >= 0.3 is 11.9 Å². The summed E-state index contributed by atoms with van der Waals surface area (Å²) in [6, 6.07) is 0. The van der Waals surface area contributed by atoms with E-state index in [9.17, 15) is 9.59 Å². The molecule has 4 heteroatoms. The van der Waals surface area contributed by atoms with E-state index in [1.807, 2.05) is 0 Å². The summed E-state index contributed by atoms with van der Waals surface area (Å²) in [7, 11) is 0. The summed E-state index contributed by atoms with van der Waals surface area (Å²) in [5.41, 5.74) is -0.904. The first-order valence-electron chi connectivity index (χ1n) is 5.47. The van der Waals surface area contributed by atoms with E-state index in [0.29, 0.717) is 12.0 Å². The fraction of sp³-hybridized carbons (Fsp3) is 0.667. The molecule has 0 unspecified atom stereocenters. The van der Waals surface area contributed by atoms with Crippen molar-refractivity contribution in [1.82, 2.24) is 0 Å². The molecule has 92 valence electrons. The van der Waals surface area contributed by atoms with Crippen LogP contribution in [0.1, 0.15) is 34.1 Å². The third-order valence-electron chi connectivity index (χ3n) is 2.51. The molecule has 0 heterocycles. The van der Waals surface area contributed by atoms with E-state index in [1.165, 1.54) is 0 Å². The van der Waals surface area contributed by atoms with Gasteiger partial charge in [-0.2, -0.15) is 0 Å². The van der Waals surface area contributed by atoms with Crippen molar-refractivity contribution < 1.29 is 19.1 Å². The Morgan fingerprint density at radius 3 is 1.62 bits per heavy atom. The van der Waals surface area contributed by atoms with Crippen molar-refractivity contribution in [2.75, 3.05) is 13.2 Å². The fourth-order valence-corrected chi connectivity index (χ4v) is 1.53. The molecule has 0 atom stereocenters. The predicted molar refractivity (Wildman–Crippen MR) is 60.8 cm³/mol. The number of hydrogen-bond acceptors (Lipinski definition) is 4. The van der Waals surface area contributed by atoms with Crippen LogP contribution in [0.4, 0.5) is 0 Å². The van der Waals surface area contributed by atoms with Crippen LogP contribution in [0.15, 0.2) is 12.2 Å². The topological polar surface area (TPSA) is 52.6 Å². The van der Waals surface area contributed by atoms with Crippen LogP contribution in [0.2, 0.25) is 0 Å². The average Bonchev–Trinajstić information content (AvgIpc) is 2.19. The van der Waals surface area contributed by atoms with Crippen LogP contribution in [0, 0.1) is 5.41 Å². The number of hydrogen-bond donors (Lipinski definition) is 0. The van der Waals surface area contributed by atoms with Gasteiger partial charge in [-0.05, 0) is 27.2 Å². The second-order valence-corrected chi connectivity index (χ2v) is 3.48. The minimum Gasteiger partial charge on any atom is -0.465 e. The molecule has 0 aromatic rings. The maximum Gasteiger partial charge on any atom is 0.327 e. The highest BCUT2D eigenvalue weighted by atomic mass is 16.6. The van der Waals surface area contributed by atoms with Crippen LogP contribution in [0.3, 0.4) is 0 Å². The smallest absolute Gasteiger partial charge is 0.327 e. The van der Waals surface area contributed by atoms with Gasteiger partial charge in [0.2, 0.25) is 0 Å². The van der Waals surface area contributed by atoms with Crippen LogP contribution < -0.4 is 0 Å². The van der Waals surface area contributed by atoms with Crippen molar-refractivity contribution in [3.63, 3.8) is 0 Å². The first-order valence-corrected chi connectivity index (χ1v) is 5.47. The highest BCUT2D eigenvalue weighted by Gasteiger charge is 2.48. The summed E-state index contributed by atoms with van der Waals surface area (Å²) in [4.78, 5) is 23.7. The van der Waals surface area contributed by atoms with Crippen LogP contribution in [0.5, 0.6) is 0 Å². The van der Waals surface area contributed by atoms with Crippen molar-refractivity contribution >= 4 is 11.9 Å². The summed E-state index contributed by atoms with van der Waals surface area (Å²) in [6.07, 6.45) is 0.292. The van der Waals surface area contributed by atoms with Gasteiger partial charge in [0.1, 0.15) is 0 Å². The summed E-state index contributed by atoms with van der Waals surface area (Å²) >= 11 is 0. The van der Waals surface area contributed by atoms with Gasteiger partial charge in [0.15, 0.2) is 5.41 Å². The van der Waals surface area contributed by atoms with E-state index in [0.717, 1.165) is 0 Å². The average molecular weight is 228 g/mol. The Hall–Kier alpha value is -1.32. The van der Waals surface area contributed by atoms with Crippen LogP contribution >= 0.6 is 0 Å². The van der Waals surface area contributed by atoms with Crippen LogP contribution in [0.25, 0.3) is 0 Å². The van der Waals surface area contributed by atoms with Gasteiger partial charge in [-0.15, -0.1) is 0 Å². The first-order chi connectivity index (χ1) is 7.47. The molecule has 16 heavy (non-hydrogen) atoms. The Morgan fingerprint density at radius 2 is 1.44 bits per heavy atom. The van der Waals surface area contributed by atoms with Crippen molar-refractivity contribution in [2.45, 2.75) is 34.1 Å². The monoisotopic (exact) mass is 228 g/mol. The lowest BCUT2D eigenvalue weighted by molar-refractivity contribution is -0.169. The highest BCUT2D eigenvalue weighted by Crippen LogP contribution is 2.33. The molecule has 0 aliphatic carbocycles. The zero-order valence-corrected chi connectivity index (χ0v) is 10.5. The van der Waals surface area contributed by atoms with Gasteiger partial charge in [-0.3, -0.25) is 9.59 Å². The van der Waals surface area contributed by atoms with Crippen molar-refractivity contribution in [2.24, 2.45) is 5.41 Å². The summed E-state index contributed by atoms with van der Waals surface area (Å²) < 4.78 is 9.85. The molecule has 0 aromatic heterocycles. The minimum atomic E-state index is -1.36. The second-order valence-electron chi connectivity index (χ2n) is 3.48. The SMILES string of the molecule is C=C(C)C(CC)(C(=O)OCC)C(=O)OCC. The van der Waals surface area contributed by atoms with Gasteiger partial charge in [-0.25, -0.2) is 0 Å². The molecule has 4 nitrogen and oxygen atoms in total. The molecule has 0 bridgehead atoms. The van der Waals surface area contributed by atoms with Crippen LogP contribution in [-0.2, 0) is 19.1 Å². The molecule has 0 saturated heterocycles. The zero-order chi connectivity index (χ0) is 12.8. The third-order valence-corrected chi connectivity index (χ3v) is 2.51. The lowest BCUT2D eigenvalue weighted by Crippen LogP contribution is -2.42. The maximum absolute atomic E-state index is 11.9. The Morgan fingerprint density at radius 1 is 1.06 bits per heavy atom. The second kappa shape index (κ2) is 6.30. The van der Waals surface area contributed by atoms with E-state index in [2.05, 4.69) is 6.58 Å². The molecule has 0 aromatic carbocycles. The van der Waals surface area contributed by atoms with E-state index >= 15 is 0 Å². The molecule has 0 aliphatic rings. The Labute approximate surface area is 96.6 Å². The molecular weight excluding hydrogens is 208 g/mol. The van der Waals surface area contributed by atoms with Gasteiger partial charge in [0.05, 0.1) is 13.2 Å². The third kappa shape index (κ3) is 2.62. The van der Waals surface area contributed by atoms with Crippen molar-refractivity contribution in [3.8, 4) is 0 Å². The Kier molecular flexibility index (Phi) is 5.78. The molecule has 0 saturated carbocycles. The maximum atomic E-state index is 11.9. The quantitative estimate of drug-likeness (QED) is 0.397. The summed E-state index contributed by atoms with van der Waals surface area (Å²) in [6.45, 7) is 10.9. The number of ether oxygens (including phenoxy) is 2. The van der Waals surface area contributed by atoms with E-state index in [4.69, 9.17) is 9.47 Å². The number of carbonyl (C=O) groups excluding carboxylic acids is 2. The Bertz CT molecular complexity index is 263. The first kappa shape index (κ1) is 14.7. The van der Waals surface area contributed by atoms with Gasteiger partial charge in [-0.1, -0.05) is 19.1 Å². The van der Waals surface area contributed by atoms with E-state index in [-0.39, 0.29) is 13.2 Å². The van der Waals surface area contributed by atoms with E-state index < -0.39 is 17.4 Å². The molecule has 0 fully saturated rings. The number of esters is 2. The Balaban J connectivity index is 5.23. The number of rotatable bonds is 6. The molecule has 0 aliphatic heterocycles. The predicted octanol–water partition coefficient (Wildman–Crippen LogP) is 2.09. The lowest BCUT2D eigenvalue weighted by atomic mass is 9.79. The van der Waals surface area contributed by atoms with Gasteiger partial charge in [0.25, 0.3) is 0 Å². The van der Waals surface area contributed by atoms with Gasteiger partial charge in [0, 0.05) is 0 Å². The molecule has 0 radical (unpaired) electrons. The molecule has 0 amide bonds. The minimum absolute atomic E-state index is 0.229. The fourth-order valence-electron chi connectivity index (χ4n) is 1.53. The summed E-state index contributed by atoms with van der Waals surface area (Å²) in [5, 5.41) is 0. The molecule has 0 spiro atoms. The number of carbonyl (C=O) groups is 2. The lowest BCUT2D eigenvalue weighted by Gasteiger charge is -2.28. The van der Waals surface area contributed by atoms with E-state index in [1.54, 1.807) is 27.7 Å². The summed E-state index contributed by atoms with van der Waals surface area (Å²) in [5.74, 6) is -1.16. The molecule has 0 N–H and O–H groups in total. The normalized spacial score (nSPS) is 10.8. The highest BCUT2D eigenvalue weighted by molar-refractivity contribution is 6.03. The molecule has 0 rings (SSSR count). The van der Waals surface area contributed by atoms with Crippen molar-refractivity contribution in [1.29, 1.82) is 0 Å².